The van der Waals surface area contributed by atoms with Crippen molar-refractivity contribution in [3.05, 3.63) is 4.13 Å². The van der Waals surface area contributed by atoms with Crippen molar-refractivity contribution in [3.63, 3.8) is 0 Å². The average Bonchev–Trinajstić information content (AvgIpc) is 3.03. The molecule has 3 saturated carbocycles. The Kier molecular flexibility index (Phi) is 19.6. The summed E-state index contributed by atoms with van der Waals surface area (Å²) in [5, 5.41) is 0. The number of hydrogen-bond donors (Lipinski definition) is 0. The lowest BCUT2D eigenvalue weighted by Gasteiger charge is -2.49. The minimum atomic E-state index is -6.72. The van der Waals surface area contributed by atoms with Gasteiger partial charge in [0.2, 0.25) is 0 Å². The van der Waals surface area contributed by atoms with Gasteiger partial charge in [0.15, 0.2) is 20.0 Å². The Bertz CT molecular complexity index is 996. The fraction of sp³-hybridized carbons (Fsp3) is 1.00. The number of sulfonamides is 2. The Morgan fingerprint density at radius 1 is 0.479 bits per heavy atom. The third kappa shape index (κ3) is 14.1. The first kappa shape index (κ1) is 44.0. The second-order valence-corrected chi connectivity index (χ2v) is 22.4. The maximum Gasteiger partial charge on any atom is 0.480 e. The second kappa shape index (κ2) is 21.4. The Morgan fingerprint density at radius 3 is 1.02 bits per heavy atom. The van der Waals surface area contributed by atoms with Crippen molar-refractivity contribution in [2.24, 2.45) is 0 Å². The van der Waals surface area contributed by atoms with Crippen molar-refractivity contribution < 1.29 is 43.2 Å². The molecule has 0 bridgehead atoms. The van der Waals surface area contributed by atoms with E-state index in [1.54, 1.807) is 115 Å². The minimum absolute atomic E-state index is 0.778. The number of nitrogens with zero attached hydrogens (tertiary/aromatic N) is 1. The summed E-state index contributed by atoms with van der Waals surface area (Å²) in [6.07, 6.45) is 43.7. The van der Waals surface area contributed by atoms with Crippen LogP contribution in [0.1, 0.15) is 180 Å². The van der Waals surface area contributed by atoms with Crippen molar-refractivity contribution in [1.82, 2.24) is 0 Å². The van der Waals surface area contributed by atoms with Gasteiger partial charge in [0.05, 0.1) is 23.1 Å². The van der Waals surface area contributed by atoms with E-state index in [0.29, 0.717) is 0 Å². The van der Waals surface area contributed by atoms with E-state index in [2.05, 4.69) is 6.92 Å². The predicted molar refractivity (Wildman–Crippen MR) is 187 cm³/mol. The highest BCUT2D eigenvalue weighted by molar-refractivity contribution is 8.13. The Balaban J connectivity index is 0.000000450. The number of hydrogen-bond acceptors (Lipinski definition) is 4. The van der Waals surface area contributed by atoms with Gasteiger partial charge in [-0.3, -0.25) is 0 Å². The molecule has 0 aromatic heterocycles. The lowest BCUT2D eigenvalue weighted by atomic mass is 9.99. The fourth-order valence-electron chi connectivity index (χ4n) is 8.57. The molecule has 3 aliphatic carbocycles. The van der Waals surface area contributed by atoms with Crippen LogP contribution in [-0.4, -0.2) is 51.0 Å². The van der Waals surface area contributed by atoms with E-state index in [4.69, 9.17) is 0 Å². The van der Waals surface area contributed by atoms with Crippen LogP contribution in [0.4, 0.5) is 26.3 Å². The molecule has 0 spiro atoms. The van der Waals surface area contributed by atoms with Crippen LogP contribution in [0, 0.1) is 0 Å². The highest BCUT2D eigenvalue weighted by Gasteiger charge is 2.56. The van der Waals surface area contributed by atoms with Gasteiger partial charge in [-0.2, -0.15) is 26.3 Å². The Morgan fingerprint density at radius 2 is 0.750 bits per heavy atom. The van der Waals surface area contributed by atoms with E-state index in [1.165, 1.54) is 81.2 Å². The highest BCUT2D eigenvalue weighted by Crippen LogP contribution is 2.77. The third-order valence-electron chi connectivity index (χ3n) is 10.9. The normalized spacial score (nSPS) is 20.0. The fourth-order valence-corrected chi connectivity index (χ4v) is 17.9. The van der Waals surface area contributed by atoms with Crippen LogP contribution in [0.3, 0.4) is 0 Å². The lowest BCUT2D eigenvalue weighted by molar-refractivity contribution is -0.0444. The summed E-state index contributed by atoms with van der Waals surface area (Å²) in [5.74, 6) is 0. The molecule has 3 aliphatic rings. The predicted octanol–water partition coefficient (Wildman–Crippen LogP) is 12.8. The lowest BCUT2D eigenvalue weighted by Crippen LogP contribution is -2.37. The maximum absolute atomic E-state index is 11.4. The first-order chi connectivity index (χ1) is 22.6. The molecule has 0 aromatic carbocycles. The summed E-state index contributed by atoms with van der Waals surface area (Å²) >= 11 is 0. The summed E-state index contributed by atoms with van der Waals surface area (Å²) in [4.78, 5) is 0. The monoisotopic (exact) mass is 757 g/mol. The SMILES string of the molecule is CCCCCCCCCCCCCC[P+](C1CCCCC1)(C1CCCCC1)C1CCCCC1.O=S(=O)([N-]S(=O)(=O)C(F)(F)F)C(F)(F)F. The van der Waals surface area contributed by atoms with Gasteiger partial charge in [0.25, 0.3) is 0 Å². The standard InChI is InChI=1S/C32H62P.C2F6NO4S2/c1-2-3-4-5-6-7-8-9-10-11-12-22-29-33(30-23-16-13-17-24-30,31-25-18-14-19-26-31)32-27-20-15-21-28-32;3-1(4,5)14(10,11)9-15(12,13)2(6,7)8/h30-32H,2-29H2,1H3;/q+1;-1. The van der Waals surface area contributed by atoms with Crippen LogP contribution in [0.25, 0.3) is 4.13 Å². The minimum Gasteiger partial charge on any atom is -0.421 e. The molecule has 0 aromatic rings. The van der Waals surface area contributed by atoms with Crippen molar-refractivity contribution in [3.8, 4) is 0 Å². The van der Waals surface area contributed by atoms with Gasteiger partial charge in [-0.1, -0.05) is 90.4 Å². The van der Waals surface area contributed by atoms with Gasteiger partial charge < -0.3 is 4.13 Å². The van der Waals surface area contributed by atoms with Gasteiger partial charge in [-0.25, -0.2) is 16.8 Å². The van der Waals surface area contributed by atoms with E-state index in [1.807, 2.05) is 0 Å². The van der Waals surface area contributed by atoms with E-state index in [-0.39, 0.29) is 0 Å². The smallest absolute Gasteiger partial charge is 0.421 e. The molecule has 286 valence electrons. The van der Waals surface area contributed by atoms with Crippen LogP contribution in [0.15, 0.2) is 0 Å². The van der Waals surface area contributed by atoms with Gasteiger partial charge in [0, 0.05) is 7.26 Å². The molecular formula is C34H62F6NO4PS2. The van der Waals surface area contributed by atoms with Crippen LogP contribution in [0.2, 0.25) is 0 Å². The van der Waals surface area contributed by atoms with E-state index >= 15 is 0 Å². The molecule has 0 atom stereocenters. The molecule has 48 heavy (non-hydrogen) atoms. The van der Waals surface area contributed by atoms with Crippen LogP contribution < -0.4 is 0 Å². The van der Waals surface area contributed by atoms with Gasteiger partial charge in [0.1, 0.15) is 0 Å². The quantitative estimate of drug-likeness (QED) is 0.0792. The first-order valence-electron chi connectivity index (χ1n) is 18.8. The van der Waals surface area contributed by atoms with Crippen molar-refractivity contribution >= 4 is 27.3 Å². The summed E-state index contributed by atoms with van der Waals surface area (Å²) in [7, 11) is -14.2. The molecule has 0 heterocycles. The van der Waals surface area contributed by atoms with Gasteiger partial charge >= 0.3 is 11.0 Å². The number of halogens is 6. The van der Waals surface area contributed by atoms with Crippen molar-refractivity contribution in [2.45, 2.75) is 208 Å². The maximum atomic E-state index is 11.4. The third-order valence-corrected chi connectivity index (χ3v) is 20.4. The molecule has 0 N–H and O–H groups in total. The molecule has 3 rings (SSSR count). The van der Waals surface area contributed by atoms with Gasteiger partial charge in [-0.05, 0) is 89.9 Å². The van der Waals surface area contributed by atoms with E-state index in [0.717, 1.165) is 4.13 Å². The first-order valence-corrected chi connectivity index (χ1v) is 23.9. The van der Waals surface area contributed by atoms with Crippen molar-refractivity contribution in [1.29, 1.82) is 0 Å². The van der Waals surface area contributed by atoms with Gasteiger partial charge in [-0.15, -0.1) is 0 Å². The molecule has 0 radical (unpaired) electrons. The van der Waals surface area contributed by atoms with Crippen molar-refractivity contribution in [2.75, 3.05) is 6.16 Å². The van der Waals surface area contributed by atoms with Crippen LogP contribution >= 0.6 is 7.26 Å². The molecule has 0 saturated heterocycles. The molecular weight excluding hydrogens is 695 g/mol. The summed E-state index contributed by atoms with van der Waals surface area (Å²) < 4.78 is 109. The van der Waals surface area contributed by atoms with Crippen LogP contribution in [-0.2, 0) is 20.0 Å². The molecule has 5 nitrogen and oxygen atoms in total. The molecule has 0 unspecified atom stereocenters. The zero-order valence-electron chi connectivity index (χ0n) is 29.1. The molecule has 0 aliphatic heterocycles. The molecule has 14 heteroatoms. The summed E-state index contributed by atoms with van der Waals surface area (Å²) in [6, 6.07) is 0. The summed E-state index contributed by atoms with van der Waals surface area (Å²) in [6.45, 7) is 2.32. The number of rotatable bonds is 18. The zero-order valence-corrected chi connectivity index (χ0v) is 31.7. The van der Waals surface area contributed by atoms with Crippen LogP contribution in [0.5, 0.6) is 0 Å². The van der Waals surface area contributed by atoms with E-state index in [9.17, 15) is 43.2 Å². The number of unbranched alkanes of at least 4 members (excludes halogenated alkanes) is 11. The highest BCUT2D eigenvalue weighted by atomic mass is 32.3. The average molecular weight is 758 g/mol. The van der Waals surface area contributed by atoms with E-state index < -0.39 is 38.3 Å². The largest absolute Gasteiger partial charge is 0.480 e. The topological polar surface area (TPSA) is 82.4 Å². The second-order valence-electron chi connectivity index (χ2n) is 14.4. The summed E-state index contributed by atoms with van der Waals surface area (Å²) in [5.41, 5.74) is -8.81. The molecule has 0 amide bonds. The zero-order chi connectivity index (χ0) is 35.7. The molecule has 3 fully saturated rings. The Labute approximate surface area is 288 Å². The Hall–Kier alpha value is -0.130. The number of alkyl halides is 6.